The van der Waals surface area contributed by atoms with Crippen LogP contribution in [0, 0.1) is 0 Å². The summed E-state index contributed by atoms with van der Waals surface area (Å²) in [6.07, 6.45) is 1.24. The van der Waals surface area contributed by atoms with Crippen LogP contribution in [0.15, 0.2) is 0 Å². The minimum atomic E-state index is -0.604. The van der Waals surface area contributed by atoms with Gasteiger partial charge in [-0.25, -0.2) is 0 Å². The Morgan fingerprint density at radius 3 is 2.67 bits per heavy atom. The molecular formula is C9H19NOS. The van der Waals surface area contributed by atoms with Crippen LogP contribution in [0.4, 0.5) is 0 Å². The van der Waals surface area contributed by atoms with Crippen LogP contribution in [0.3, 0.4) is 0 Å². The van der Waals surface area contributed by atoms with Crippen LogP contribution < -0.4 is 5.32 Å². The highest BCUT2D eigenvalue weighted by atomic mass is 32.2. The van der Waals surface area contributed by atoms with Gasteiger partial charge in [-0.3, -0.25) is 0 Å². The molecule has 0 aliphatic carbocycles. The molecule has 0 aromatic heterocycles. The zero-order valence-electron chi connectivity index (χ0n) is 8.13. The number of rotatable bonds is 3. The van der Waals surface area contributed by atoms with Crippen molar-refractivity contribution in [2.45, 2.75) is 44.9 Å². The number of hydrogen-bond acceptors (Lipinski definition) is 3. The van der Waals surface area contributed by atoms with Crippen LogP contribution in [-0.2, 0) is 0 Å². The van der Waals surface area contributed by atoms with E-state index in [0.29, 0.717) is 6.04 Å². The molecule has 0 bridgehead atoms. The fourth-order valence-electron chi connectivity index (χ4n) is 1.22. The number of hydrogen-bond donors (Lipinski definition) is 2. The molecule has 3 heteroatoms. The topological polar surface area (TPSA) is 32.3 Å². The van der Waals surface area contributed by atoms with Crippen LogP contribution in [0.5, 0.6) is 0 Å². The maximum absolute atomic E-state index is 9.68. The molecule has 2 N–H and O–H groups in total. The van der Waals surface area contributed by atoms with Crippen molar-refractivity contribution in [2.24, 2.45) is 0 Å². The van der Waals surface area contributed by atoms with Crippen LogP contribution in [0.25, 0.3) is 0 Å². The third-order valence-corrected chi connectivity index (χ3v) is 3.64. The molecule has 1 heterocycles. The van der Waals surface area contributed by atoms with Crippen LogP contribution in [-0.4, -0.2) is 34.3 Å². The van der Waals surface area contributed by atoms with E-state index in [-0.39, 0.29) is 6.04 Å². The fourth-order valence-corrected chi connectivity index (χ4v) is 2.39. The summed E-state index contributed by atoms with van der Waals surface area (Å²) in [6, 6.07) is 0.789. The van der Waals surface area contributed by atoms with Gasteiger partial charge in [-0.05, 0) is 32.9 Å². The van der Waals surface area contributed by atoms with Gasteiger partial charge in [0, 0.05) is 17.8 Å². The Bertz CT molecular complexity index is 138. The van der Waals surface area contributed by atoms with Gasteiger partial charge in [0.25, 0.3) is 0 Å². The van der Waals surface area contributed by atoms with Gasteiger partial charge < -0.3 is 10.4 Å². The van der Waals surface area contributed by atoms with Crippen LogP contribution in [0.2, 0.25) is 0 Å². The van der Waals surface area contributed by atoms with E-state index in [9.17, 15) is 5.11 Å². The van der Waals surface area contributed by atoms with Crippen molar-refractivity contribution >= 4 is 11.8 Å². The number of thioether (sulfide) groups is 1. The van der Waals surface area contributed by atoms with Crippen molar-refractivity contribution in [3.63, 3.8) is 0 Å². The lowest BCUT2D eigenvalue weighted by molar-refractivity contribution is 0.0409. The zero-order valence-corrected chi connectivity index (χ0v) is 8.95. The van der Waals surface area contributed by atoms with Gasteiger partial charge in [-0.1, -0.05) is 0 Å². The molecule has 2 nitrogen and oxygen atoms in total. The lowest BCUT2D eigenvalue weighted by Crippen LogP contribution is -2.48. The standard InChI is InChI=1S/C9H19NOS/c1-7(9(2,3)11)10-8-4-5-12-6-8/h7-8,10-11H,4-6H2,1-3H3. The molecule has 1 rings (SSSR count). The van der Waals surface area contributed by atoms with E-state index in [2.05, 4.69) is 5.32 Å². The van der Waals surface area contributed by atoms with E-state index in [0.717, 1.165) is 0 Å². The predicted octanol–water partition coefficient (Wildman–Crippen LogP) is 1.24. The molecule has 2 atom stereocenters. The molecule has 0 saturated carbocycles. The minimum Gasteiger partial charge on any atom is -0.389 e. The van der Waals surface area contributed by atoms with Gasteiger partial charge in [0.05, 0.1) is 5.60 Å². The molecule has 0 aromatic rings. The second kappa shape index (κ2) is 3.99. The highest BCUT2D eigenvalue weighted by molar-refractivity contribution is 7.99. The van der Waals surface area contributed by atoms with Gasteiger partial charge >= 0.3 is 0 Å². The average molecular weight is 189 g/mol. The highest BCUT2D eigenvalue weighted by Crippen LogP contribution is 2.19. The Labute approximate surface area is 79.1 Å². The Morgan fingerprint density at radius 2 is 2.25 bits per heavy atom. The van der Waals surface area contributed by atoms with Gasteiger partial charge in [-0.2, -0.15) is 11.8 Å². The summed E-state index contributed by atoms with van der Waals surface area (Å²) < 4.78 is 0. The molecule has 0 amide bonds. The van der Waals surface area contributed by atoms with Gasteiger partial charge in [0.15, 0.2) is 0 Å². The molecule has 0 spiro atoms. The van der Waals surface area contributed by atoms with E-state index >= 15 is 0 Å². The monoisotopic (exact) mass is 189 g/mol. The summed E-state index contributed by atoms with van der Waals surface area (Å²) in [5.41, 5.74) is -0.604. The number of nitrogens with one attached hydrogen (secondary N) is 1. The van der Waals surface area contributed by atoms with E-state index in [1.165, 1.54) is 17.9 Å². The normalized spacial score (nSPS) is 27.5. The predicted molar refractivity (Wildman–Crippen MR) is 54.6 cm³/mol. The minimum absolute atomic E-state index is 0.182. The molecule has 0 aromatic carbocycles. The summed E-state index contributed by atoms with van der Waals surface area (Å²) in [5.74, 6) is 2.46. The molecule has 0 radical (unpaired) electrons. The third-order valence-electron chi connectivity index (χ3n) is 2.48. The van der Waals surface area contributed by atoms with Crippen molar-refractivity contribution in [3.05, 3.63) is 0 Å². The second-order valence-corrected chi connectivity index (χ2v) is 5.25. The van der Waals surface area contributed by atoms with Crippen molar-refractivity contribution in [1.29, 1.82) is 0 Å². The Hall–Kier alpha value is 0.270. The van der Waals surface area contributed by atoms with Crippen molar-refractivity contribution in [2.75, 3.05) is 11.5 Å². The summed E-state index contributed by atoms with van der Waals surface area (Å²) in [5, 5.41) is 13.1. The van der Waals surface area contributed by atoms with Crippen molar-refractivity contribution in [1.82, 2.24) is 5.32 Å². The average Bonchev–Trinajstić information content (AvgIpc) is 2.37. The van der Waals surface area contributed by atoms with Crippen LogP contribution >= 0.6 is 11.8 Å². The first-order chi connectivity index (χ1) is 5.50. The zero-order chi connectivity index (χ0) is 9.19. The van der Waals surface area contributed by atoms with Gasteiger partial charge in [0.1, 0.15) is 0 Å². The van der Waals surface area contributed by atoms with E-state index in [1.807, 2.05) is 32.5 Å². The molecule has 2 unspecified atom stereocenters. The van der Waals surface area contributed by atoms with Crippen LogP contribution in [0.1, 0.15) is 27.2 Å². The lowest BCUT2D eigenvalue weighted by Gasteiger charge is -2.29. The fraction of sp³-hybridized carbons (Fsp3) is 1.00. The summed E-state index contributed by atoms with van der Waals surface area (Å²) >= 11 is 1.99. The quantitative estimate of drug-likeness (QED) is 0.700. The molecule has 12 heavy (non-hydrogen) atoms. The molecule has 1 aliphatic heterocycles. The molecule has 1 saturated heterocycles. The highest BCUT2D eigenvalue weighted by Gasteiger charge is 2.26. The first kappa shape index (κ1) is 10.4. The van der Waals surface area contributed by atoms with Crippen molar-refractivity contribution in [3.8, 4) is 0 Å². The summed E-state index contributed by atoms with van der Waals surface area (Å²) in [6.45, 7) is 5.75. The Kier molecular flexibility index (Phi) is 3.44. The summed E-state index contributed by atoms with van der Waals surface area (Å²) in [7, 11) is 0. The maximum Gasteiger partial charge on any atom is 0.0741 e. The van der Waals surface area contributed by atoms with E-state index < -0.39 is 5.60 Å². The van der Waals surface area contributed by atoms with Crippen molar-refractivity contribution < 1.29 is 5.11 Å². The number of aliphatic hydroxyl groups is 1. The molecule has 72 valence electrons. The lowest BCUT2D eigenvalue weighted by atomic mass is 10.00. The SMILES string of the molecule is CC(NC1CCSC1)C(C)(C)O. The third kappa shape index (κ3) is 2.96. The molecule has 1 aliphatic rings. The first-order valence-corrected chi connectivity index (χ1v) is 5.72. The van der Waals surface area contributed by atoms with Gasteiger partial charge in [0.2, 0.25) is 0 Å². The Morgan fingerprint density at radius 1 is 1.58 bits per heavy atom. The largest absolute Gasteiger partial charge is 0.389 e. The second-order valence-electron chi connectivity index (χ2n) is 4.10. The summed E-state index contributed by atoms with van der Waals surface area (Å²) in [4.78, 5) is 0. The van der Waals surface area contributed by atoms with E-state index in [1.54, 1.807) is 0 Å². The smallest absolute Gasteiger partial charge is 0.0741 e. The maximum atomic E-state index is 9.68. The van der Waals surface area contributed by atoms with E-state index in [4.69, 9.17) is 0 Å². The first-order valence-electron chi connectivity index (χ1n) is 4.56. The van der Waals surface area contributed by atoms with Gasteiger partial charge in [-0.15, -0.1) is 0 Å². The molecular weight excluding hydrogens is 170 g/mol. The molecule has 1 fully saturated rings. The Balaban J connectivity index is 2.30.